The first-order chi connectivity index (χ1) is 16.6. The number of benzene rings is 2. The van der Waals surface area contributed by atoms with Gasteiger partial charge in [-0.3, -0.25) is 0 Å². The molecule has 0 amide bonds. The van der Waals surface area contributed by atoms with Crippen molar-refractivity contribution in [2.45, 2.75) is 25.6 Å². The largest absolute Gasteiger partial charge is 0.493 e. The fraction of sp³-hybridized carbons (Fsp3) is 0.280. The van der Waals surface area contributed by atoms with Crippen LogP contribution in [0.3, 0.4) is 0 Å². The maximum absolute atomic E-state index is 12.0. The minimum absolute atomic E-state index is 0.0103. The van der Waals surface area contributed by atoms with E-state index < -0.39 is 12.1 Å². The Bertz CT molecular complexity index is 1350. The first-order valence-corrected chi connectivity index (χ1v) is 10.9. The number of carbonyl (C=O) groups excluding carboxylic acids is 1. The summed E-state index contributed by atoms with van der Waals surface area (Å²) >= 11 is 0. The van der Waals surface area contributed by atoms with Crippen molar-refractivity contribution in [1.82, 2.24) is 15.2 Å². The maximum atomic E-state index is 12.0. The molecule has 1 fully saturated rings. The van der Waals surface area contributed by atoms with E-state index in [-0.39, 0.29) is 24.3 Å². The minimum Gasteiger partial charge on any atom is -0.493 e. The van der Waals surface area contributed by atoms with E-state index in [4.69, 9.17) is 23.6 Å². The third kappa shape index (κ3) is 4.29. The molecule has 1 saturated carbocycles. The average molecular weight is 461 g/mol. The molecule has 9 nitrogen and oxygen atoms in total. The lowest BCUT2D eigenvalue weighted by molar-refractivity contribution is -0.156. The lowest BCUT2D eigenvalue weighted by Gasteiger charge is -2.11. The van der Waals surface area contributed by atoms with E-state index in [0.717, 1.165) is 29.3 Å². The number of ether oxygens (including phenoxy) is 3. The van der Waals surface area contributed by atoms with Crippen molar-refractivity contribution in [2.24, 2.45) is 5.92 Å². The quantitative estimate of drug-likeness (QED) is 0.391. The van der Waals surface area contributed by atoms with E-state index in [1.807, 2.05) is 48.5 Å². The number of fused-ring (bicyclic) bond motifs is 1. The number of aromatic nitrogens is 3. The van der Waals surface area contributed by atoms with Gasteiger partial charge >= 0.3 is 5.97 Å². The molecule has 0 saturated heterocycles. The van der Waals surface area contributed by atoms with Crippen molar-refractivity contribution >= 4 is 16.9 Å². The zero-order valence-corrected chi connectivity index (χ0v) is 18.7. The summed E-state index contributed by atoms with van der Waals surface area (Å²) in [6.07, 6.45) is 0.562. The summed E-state index contributed by atoms with van der Waals surface area (Å²) < 4.78 is 21.7. The standard InChI is InChI=1S/C25H23N3O6/c1-31-20-10-9-15(11-21(20)32-2)19-12-17(16-5-3-4-6-18(16)26-19)24-28-27-22(34-24)13-33-25(30)23(29)14-7-8-14/h3-6,9-12,14,23,29H,7-8,13H2,1-2H3. The second-order valence-corrected chi connectivity index (χ2v) is 8.03. The van der Waals surface area contributed by atoms with Crippen molar-refractivity contribution in [2.75, 3.05) is 14.2 Å². The molecular weight excluding hydrogens is 438 g/mol. The van der Waals surface area contributed by atoms with Gasteiger partial charge in [0.05, 0.1) is 31.0 Å². The third-order valence-electron chi connectivity index (χ3n) is 5.74. The molecule has 0 aliphatic heterocycles. The maximum Gasteiger partial charge on any atom is 0.335 e. The van der Waals surface area contributed by atoms with Gasteiger partial charge in [0, 0.05) is 10.9 Å². The molecule has 2 heterocycles. The number of aliphatic hydroxyl groups is 1. The van der Waals surface area contributed by atoms with Crippen LogP contribution in [-0.4, -0.2) is 46.6 Å². The molecule has 2 aromatic heterocycles. The lowest BCUT2D eigenvalue weighted by Crippen LogP contribution is -2.24. The van der Waals surface area contributed by atoms with E-state index in [2.05, 4.69) is 10.2 Å². The van der Waals surface area contributed by atoms with Crippen LogP contribution in [0.1, 0.15) is 18.7 Å². The van der Waals surface area contributed by atoms with E-state index in [1.165, 1.54) is 0 Å². The summed E-state index contributed by atoms with van der Waals surface area (Å²) in [5.74, 6) is 0.937. The zero-order valence-electron chi connectivity index (χ0n) is 18.7. The lowest BCUT2D eigenvalue weighted by atomic mass is 10.0. The van der Waals surface area contributed by atoms with E-state index >= 15 is 0 Å². The van der Waals surface area contributed by atoms with Crippen LogP contribution in [0.5, 0.6) is 11.5 Å². The van der Waals surface area contributed by atoms with E-state index in [1.54, 1.807) is 14.2 Å². The summed E-state index contributed by atoms with van der Waals surface area (Å²) in [5.41, 5.74) is 2.96. The molecule has 4 aromatic rings. The van der Waals surface area contributed by atoms with Gasteiger partial charge in [0.1, 0.15) is 0 Å². The van der Waals surface area contributed by atoms with Gasteiger partial charge < -0.3 is 23.7 Å². The second kappa shape index (κ2) is 9.11. The highest BCUT2D eigenvalue weighted by Gasteiger charge is 2.35. The van der Waals surface area contributed by atoms with Crippen LogP contribution < -0.4 is 9.47 Å². The van der Waals surface area contributed by atoms with Crippen molar-refractivity contribution in [1.29, 1.82) is 0 Å². The highest BCUT2D eigenvalue weighted by molar-refractivity contribution is 5.94. The first-order valence-electron chi connectivity index (χ1n) is 10.9. The Morgan fingerprint density at radius 3 is 2.65 bits per heavy atom. The number of carbonyl (C=O) groups is 1. The molecule has 5 rings (SSSR count). The minimum atomic E-state index is -1.10. The second-order valence-electron chi connectivity index (χ2n) is 8.03. The van der Waals surface area contributed by atoms with Crippen molar-refractivity contribution < 1.29 is 28.5 Å². The summed E-state index contributed by atoms with van der Waals surface area (Å²) in [7, 11) is 3.16. The summed E-state index contributed by atoms with van der Waals surface area (Å²) in [4.78, 5) is 16.7. The van der Waals surface area contributed by atoms with Crippen LogP contribution in [0.25, 0.3) is 33.6 Å². The molecule has 1 N–H and O–H groups in total. The van der Waals surface area contributed by atoms with Crippen LogP contribution in [0.4, 0.5) is 0 Å². The summed E-state index contributed by atoms with van der Waals surface area (Å²) in [6, 6.07) is 15.1. The highest BCUT2D eigenvalue weighted by Crippen LogP contribution is 2.36. The van der Waals surface area contributed by atoms with Crippen LogP contribution in [-0.2, 0) is 16.1 Å². The Morgan fingerprint density at radius 1 is 1.09 bits per heavy atom. The molecule has 174 valence electrons. The Kier molecular flexibility index (Phi) is 5.85. The number of rotatable bonds is 8. The number of esters is 1. The molecule has 1 aliphatic rings. The molecule has 0 bridgehead atoms. The Morgan fingerprint density at radius 2 is 1.88 bits per heavy atom. The van der Waals surface area contributed by atoms with Crippen molar-refractivity contribution in [3.63, 3.8) is 0 Å². The van der Waals surface area contributed by atoms with Crippen LogP contribution in [0.15, 0.2) is 52.9 Å². The van der Waals surface area contributed by atoms with Crippen molar-refractivity contribution in [3.05, 3.63) is 54.4 Å². The van der Waals surface area contributed by atoms with Crippen LogP contribution in [0, 0.1) is 5.92 Å². The van der Waals surface area contributed by atoms with Crippen molar-refractivity contribution in [3.8, 4) is 34.2 Å². The van der Waals surface area contributed by atoms with Gasteiger partial charge in [-0.05, 0) is 49.1 Å². The molecule has 2 aromatic carbocycles. The van der Waals surface area contributed by atoms with Gasteiger partial charge in [-0.15, -0.1) is 10.2 Å². The zero-order chi connectivity index (χ0) is 23.7. The number of hydrogen-bond acceptors (Lipinski definition) is 9. The predicted molar refractivity (Wildman–Crippen MR) is 122 cm³/mol. The molecular formula is C25H23N3O6. The molecule has 1 atom stereocenters. The SMILES string of the molecule is COc1ccc(-c2cc(-c3nnc(COC(=O)C(O)C4CC4)o3)c3ccccc3n2)cc1OC. The number of nitrogens with zero attached hydrogens (tertiary/aromatic N) is 3. The van der Waals surface area contributed by atoms with E-state index in [0.29, 0.717) is 22.8 Å². The number of aliphatic hydroxyl groups excluding tert-OH is 1. The first kappa shape index (κ1) is 21.8. The monoisotopic (exact) mass is 461 g/mol. The fourth-order valence-corrected chi connectivity index (χ4v) is 3.74. The molecule has 0 spiro atoms. The average Bonchev–Trinajstić information content (AvgIpc) is 3.63. The van der Waals surface area contributed by atoms with Gasteiger partial charge in [0.2, 0.25) is 5.89 Å². The van der Waals surface area contributed by atoms with Gasteiger partial charge in [0.15, 0.2) is 24.2 Å². The Labute approximate surface area is 195 Å². The van der Waals surface area contributed by atoms with Gasteiger partial charge in [0.25, 0.3) is 5.89 Å². The predicted octanol–water partition coefficient (Wildman–Crippen LogP) is 3.78. The van der Waals surface area contributed by atoms with E-state index in [9.17, 15) is 9.90 Å². The molecule has 34 heavy (non-hydrogen) atoms. The van der Waals surface area contributed by atoms with Crippen LogP contribution in [0.2, 0.25) is 0 Å². The van der Waals surface area contributed by atoms with Gasteiger partial charge in [-0.2, -0.15) is 0 Å². The fourth-order valence-electron chi connectivity index (χ4n) is 3.74. The van der Waals surface area contributed by atoms with Crippen LogP contribution >= 0.6 is 0 Å². The highest BCUT2D eigenvalue weighted by atomic mass is 16.6. The number of hydrogen-bond donors (Lipinski definition) is 1. The summed E-state index contributed by atoms with van der Waals surface area (Å²) in [5, 5.41) is 18.9. The Hall–Kier alpha value is -3.98. The normalized spacial score (nSPS) is 14.1. The van der Waals surface area contributed by atoms with Gasteiger partial charge in [-0.1, -0.05) is 18.2 Å². The topological polar surface area (TPSA) is 117 Å². The Balaban J connectivity index is 1.47. The number of methoxy groups -OCH3 is 2. The summed E-state index contributed by atoms with van der Waals surface area (Å²) in [6.45, 7) is -0.207. The number of para-hydroxylation sites is 1. The number of pyridine rings is 1. The molecule has 9 heteroatoms. The third-order valence-corrected chi connectivity index (χ3v) is 5.74. The molecule has 1 unspecified atom stereocenters. The molecule has 0 radical (unpaired) electrons. The molecule has 1 aliphatic carbocycles. The smallest absolute Gasteiger partial charge is 0.335 e. The van der Waals surface area contributed by atoms with Gasteiger partial charge in [-0.25, -0.2) is 9.78 Å².